The van der Waals surface area contributed by atoms with Gasteiger partial charge in [0.1, 0.15) is 5.82 Å². The summed E-state index contributed by atoms with van der Waals surface area (Å²) in [5.41, 5.74) is 8.52. The van der Waals surface area contributed by atoms with Gasteiger partial charge in [-0.15, -0.1) is 0 Å². The third-order valence-corrected chi connectivity index (χ3v) is 2.85. The van der Waals surface area contributed by atoms with E-state index >= 15 is 0 Å². The molecule has 0 fully saturated rings. The molecule has 1 atom stereocenters. The van der Waals surface area contributed by atoms with Crippen molar-refractivity contribution in [3.05, 3.63) is 58.9 Å². The molecule has 0 aromatic heterocycles. The highest BCUT2D eigenvalue weighted by Crippen LogP contribution is 2.25. The van der Waals surface area contributed by atoms with Gasteiger partial charge in [-0.3, -0.25) is 0 Å². The van der Waals surface area contributed by atoms with E-state index in [0.717, 1.165) is 16.7 Å². The first-order valence-electron chi connectivity index (χ1n) is 5.38. The molecule has 0 amide bonds. The standard InChI is InChI=1S/C14H13ClFN/c1-9(17)10-2-4-11(5-3-10)12-6-13(15)8-14(16)7-12/h2-9H,17H2,1H3. The van der Waals surface area contributed by atoms with Crippen LogP contribution in [-0.4, -0.2) is 0 Å². The van der Waals surface area contributed by atoms with Crippen LogP contribution in [0.3, 0.4) is 0 Å². The fraction of sp³-hybridized carbons (Fsp3) is 0.143. The first-order chi connectivity index (χ1) is 8.06. The van der Waals surface area contributed by atoms with Gasteiger partial charge in [-0.2, -0.15) is 0 Å². The first-order valence-corrected chi connectivity index (χ1v) is 5.76. The molecule has 0 heterocycles. The fourth-order valence-electron chi connectivity index (χ4n) is 1.70. The molecule has 17 heavy (non-hydrogen) atoms. The van der Waals surface area contributed by atoms with Crippen LogP contribution in [0.4, 0.5) is 4.39 Å². The van der Waals surface area contributed by atoms with Crippen molar-refractivity contribution in [1.82, 2.24) is 0 Å². The zero-order valence-corrected chi connectivity index (χ0v) is 10.2. The van der Waals surface area contributed by atoms with Crippen molar-refractivity contribution >= 4 is 11.6 Å². The summed E-state index contributed by atoms with van der Waals surface area (Å²) in [7, 11) is 0. The second kappa shape index (κ2) is 4.86. The Morgan fingerprint density at radius 1 is 1.06 bits per heavy atom. The van der Waals surface area contributed by atoms with Gasteiger partial charge in [0.25, 0.3) is 0 Å². The van der Waals surface area contributed by atoms with E-state index in [4.69, 9.17) is 17.3 Å². The second-order valence-corrected chi connectivity index (χ2v) is 4.51. The van der Waals surface area contributed by atoms with Gasteiger partial charge in [-0.1, -0.05) is 35.9 Å². The Labute approximate surface area is 105 Å². The molecule has 0 aliphatic carbocycles. The van der Waals surface area contributed by atoms with Crippen LogP contribution in [0, 0.1) is 5.82 Å². The molecule has 0 spiro atoms. The van der Waals surface area contributed by atoms with Crippen molar-refractivity contribution < 1.29 is 4.39 Å². The van der Waals surface area contributed by atoms with Gasteiger partial charge in [-0.25, -0.2) is 4.39 Å². The van der Waals surface area contributed by atoms with Crippen LogP contribution >= 0.6 is 11.6 Å². The van der Waals surface area contributed by atoms with Crippen LogP contribution < -0.4 is 5.73 Å². The Morgan fingerprint density at radius 2 is 1.71 bits per heavy atom. The van der Waals surface area contributed by atoms with Crippen LogP contribution in [0.5, 0.6) is 0 Å². The summed E-state index contributed by atoms with van der Waals surface area (Å²) in [6, 6.07) is 12.2. The summed E-state index contributed by atoms with van der Waals surface area (Å²) in [5.74, 6) is -0.330. The zero-order chi connectivity index (χ0) is 12.4. The van der Waals surface area contributed by atoms with Crippen molar-refractivity contribution in [2.24, 2.45) is 5.73 Å². The number of hydrogen-bond donors (Lipinski definition) is 1. The second-order valence-electron chi connectivity index (χ2n) is 4.07. The summed E-state index contributed by atoms with van der Waals surface area (Å²) in [6.45, 7) is 1.92. The molecule has 0 bridgehead atoms. The molecule has 3 heteroatoms. The molecule has 1 nitrogen and oxygen atoms in total. The van der Waals surface area contributed by atoms with Gasteiger partial charge in [0, 0.05) is 11.1 Å². The van der Waals surface area contributed by atoms with Crippen LogP contribution in [0.15, 0.2) is 42.5 Å². The molecule has 88 valence electrons. The molecule has 1 unspecified atom stereocenters. The Balaban J connectivity index is 2.39. The SMILES string of the molecule is CC(N)c1ccc(-c2cc(F)cc(Cl)c2)cc1. The van der Waals surface area contributed by atoms with E-state index in [9.17, 15) is 4.39 Å². The van der Waals surface area contributed by atoms with Crippen LogP contribution in [0.1, 0.15) is 18.5 Å². The zero-order valence-electron chi connectivity index (χ0n) is 9.45. The minimum absolute atomic E-state index is 0.000137. The van der Waals surface area contributed by atoms with Crippen molar-refractivity contribution in [2.75, 3.05) is 0 Å². The predicted molar refractivity (Wildman–Crippen MR) is 69.4 cm³/mol. The molecular formula is C14H13ClFN. The van der Waals surface area contributed by atoms with Crippen LogP contribution in [0.2, 0.25) is 5.02 Å². The van der Waals surface area contributed by atoms with Gasteiger partial charge in [0.15, 0.2) is 0 Å². The average molecular weight is 250 g/mol. The third kappa shape index (κ3) is 2.84. The van der Waals surface area contributed by atoms with Crippen molar-refractivity contribution in [3.8, 4) is 11.1 Å². The van der Waals surface area contributed by atoms with E-state index < -0.39 is 0 Å². The number of halogens is 2. The van der Waals surface area contributed by atoms with Crippen LogP contribution in [0.25, 0.3) is 11.1 Å². The molecule has 0 radical (unpaired) electrons. The highest BCUT2D eigenvalue weighted by molar-refractivity contribution is 6.30. The lowest BCUT2D eigenvalue weighted by Crippen LogP contribution is -2.04. The minimum atomic E-state index is -0.330. The maximum absolute atomic E-state index is 13.2. The summed E-state index contributed by atoms with van der Waals surface area (Å²) >= 11 is 5.82. The molecule has 0 saturated carbocycles. The smallest absolute Gasteiger partial charge is 0.125 e. The van der Waals surface area contributed by atoms with Gasteiger partial charge in [-0.05, 0) is 41.8 Å². The quantitative estimate of drug-likeness (QED) is 0.850. The molecule has 0 saturated heterocycles. The number of rotatable bonds is 2. The first kappa shape index (κ1) is 12.1. The van der Waals surface area contributed by atoms with Crippen LogP contribution in [-0.2, 0) is 0 Å². The van der Waals surface area contributed by atoms with E-state index in [1.54, 1.807) is 6.07 Å². The fourth-order valence-corrected chi connectivity index (χ4v) is 1.92. The van der Waals surface area contributed by atoms with Crippen molar-refractivity contribution in [2.45, 2.75) is 13.0 Å². The topological polar surface area (TPSA) is 26.0 Å². The monoisotopic (exact) mass is 249 g/mol. The molecular weight excluding hydrogens is 237 g/mol. The van der Waals surface area contributed by atoms with Crippen molar-refractivity contribution in [1.29, 1.82) is 0 Å². The lowest BCUT2D eigenvalue weighted by molar-refractivity contribution is 0.628. The van der Waals surface area contributed by atoms with E-state index in [1.165, 1.54) is 12.1 Å². The summed E-state index contributed by atoms with van der Waals surface area (Å²) in [6.07, 6.45) is 0. The van der Waals surface area contributed by atoms with E-state index in [-0.39, 0.29) is 11.9 Å². The van der Waals surface area contributed by atoms with E-state index in [1.807, 2.05) is 31.2 Å². The Kier molecular flexibility index (Phi) is 3.46. The molecule has 0 aliphatic heterocycles. The van der Waals surface area contributed by atoms with E-state index in [0.29, 0.717) is 5.02 Å². The largest absolute Gasteiger partial charge is 0.324 e. The number of hydrogen-bond acceptors (Lipinski definition) is 1. The molecule has 2 aromatic rings. The highest BCUT2D eigenvalue weighted by Gasteiger charge is 2.03. The van der Waals surface area contributed by atoms with Gasteiger partial charge < -0.3 is 5.73 Å². The van der Waals surface area contributed by atoms with Gasteiger partial charge in [0.2, 0.25) is 0 Å². The third-order valence-electron chi connectivity index (χ3n) is 2.63. The summed E-state index contributed by atoms with van der Waals surface area (Å²) < 4.78 is 13.2. The Bertz CT molecular complexity index is 500. The summed E-state index contributed by atoms with van der Waals surface area (Å²) in [4.78, 5) is 0. The maximum atomic E-state index is 13.2. The number of nitrogens with two attached hydrogens (primary N) is 1. The normalized spacial score (nSPS) is 12.5. The lowest BCUT2D eigenvalue weighted by atomic mass is 10.0. The van der Waals surface area contributed by atoms with E-state index in [2.05, 4.69) is 0 Å². The predicted octanol–water partition coefficient (Wildman–Crippen LogP) is 4.17. The molecule has 2 rings (SSSR count). The molecule has 2 N–H and O–H groups in total. The number of benzene rings is 2. The maximum Gasteiger partial charge on any atom is 0.125 e. The highest BCUT2D eigenvalue weighted by atomic mass is 35.5. The van der Waals surface area contributed by atoms with Gasteiger partial charge in [0.05, 0.1) is 0 Å². The lowest BCUT2D eigenvalue weighted by Gasteiger charge is -2.07. The Hall–Kier alpha value is -1.38. The van der Waals surface area contributed by atoms with Gasteiger partial charge >= 0.3 is 0 Å². The molecule has 0 aliphatic rings. The Morgan fingerprint density at radius 3 is 2.24 bits per heavy atom. The summed E-state index contributed by atoms with van der Waals surface area (Å²) in [5, 5.41) is 0.399. The molecule has 2 aromatic carbocycles. The average Bonchev–Trinajstić information content (AvgIpc) is 2.28. The van der Waals surface area contributed by atoms with Crippen molar-refractivity contribution in [3.63, 3.8) is 0 Å². The minimum Gasteiger partial charge on any atom is -0.324 e.